The number of rotatable bonds is 1. The van der Waals surface area contributed by atoms with E-state index in [9.17, 15) is 9.59 Å². The summed E-state index contributed by atoms with van der Waals surface area (Å²) in [5.41, 5.74) is 5.52. The lowest BCUT2D eigenvalue weighted by Crippen LogP contribution is -2.00. The minimum atomic E-state index is -0.551. The first-order valence-electron chi connectivity index (χ1n) is 6.54. The molecule has 106 valence electrons. The Balaban J connectivity index is 2.73. The van der Waals surface area contributed by atoms with Crippen molar-refractivity contribution in [2.75, 3.05) is 0 Å². The van der Waals surface area contributed by atoms with E-state index in [1.54, 1.807) is 0 Å². The number of allylic oxidation sites excluding steroid dienone is 2. The highest BCUT2D eigenvalue weighted by Crippen LogP contribution is 2.34. The second kappa shape index (κ2) is 4.78. The number of carbonyl (C=O) groups excluding carboxylic acids is 2. The maximum atomic E-state index is 12.0. The van der Waals surface area contributed by atoms with Gasteiger partial charge in [-0.05, 0) is 51.8 Å². The summed E-state index contributed by atoms with van der Waals surface area (Å²) in [6, 6.07) is 2.02. The first-order chi connectivity index (χ1) is 9.25. The minimum absolute atomic E-state index is 0.392. The van der Waals surface area contributed by atoms with Gasteiger partial charge in [0.1, 0.15) is 0 Å². The van der Waals surface area contributed by atoms with Gasteiger partial charge in [0.05, 0.1) is 11.1 Å². The molecule has 0 amide bonds. The monoisotopic (exact) mass is 273 g/mol. The second-order valence-corrected chi connectivity index (χ2v) is 5.40. The Morgan fingerprint density at radius 1 is 1.05 bits per heavy atom. The van der Waals surface area contributed by atoms with Crippen LogP contribution >= 0.6 is 0 Å². The predicted molar refractivity (Wildman–Crippen MR) is 77.0 cm³/mol. The van der Waals surface area contributed by atoms with E-state index in [1.165, 1.54) is 0 Å². The number of aromatic nitrogens is 1. The Kier molecular flexibility index (Phi) is 3.42. The van der Waals surface area contributed by atoms with Gasteiger partial charge < -0.3 is 9.30 Å². The highest BCUT2D eigenvalue weighted by molar-refractivity contribution is 6.22. The van der Waals surface area contributed by atoms with Crippen LogP contribution in [0.25, 0.3) is 5.57 Å². The molecule has 0 unspecified atom stereocenters. The summed E-state index contributed by atoms with van der Waals surface area (Å²) < 4.78 is 6.83. The molecular weight excluding hydrogens is 254 g/mol. The van der Waals surface area contributed by atoms with Gasteiger partial charge in [-0.15, -0.1) is 0 Å². The zero-order valence-electron chi connectivity index (χ0n) is 12.7. The third-order valence-electron chi connectivity index (χ3n) is 3.90. The van der Waals surface area contributed by atoms with Crippen LogP contribution in [0, 0.1) is 13.8 Å². The molecule has 1 aromatic heterocycles. The number of nitrogens with zero attached hydrogens (tertiary/aromatic N) is 1. The Bertz CT molecular complexity index is 683. The lowest BCUT2D eigenvalue weighted by atomic mass is 9.95. The Morgan fingerprint density at radius 3 is 2.05 bits per heavy atom. The largest absolute Gasteiger partial charge is 0.386 e. The molecule has 0 aliphatic carbocycles. The van der Waals surface area contributed by atoms with Crippen molar-refractivity contribution in [2.45, 2.75) is 34.6 Å². The SMILES string of the molecule is CC(C)=C1C(=O)OC(=O)/C1=C(/C)c1cc(C)n(C)c1C. The van der Waals surface area contributed by atoms with Crippen LogP contribution in [0.5, 0.6) is 0 Å². The lowest BCUT2D eigenvalue weighted by Gasteiger charge is -2.06. The molecule has 1 aliphatic rings. The van der Waals surface area contributed by atoms with Crippen molar-refractivity contribution in [3.8, 4) is 0 Å². The summed E-state index contributed by atoms with van der Waals surface area (Å²) in [6.45, 7) is 9.49. The maximum Gasteiger partial charge on any atom is 0.347 e. The molecule has 0 aromatic carbocycles. The number of ether oxygens (including phenoxy) is 1. The van der Waals surface area contributed by atoms with Gasteiger partial charge in [0, 0.05) is 18.4 Å². The molecule has 1 aliphatic heterocycles. The predicted octanol–water partition coefficient (Wildman–Crippen LogP) is 2.84. The second-order valence-electron chi connectivity index (χ2n) is 5.40. The first kappa shape index (κ1) is 14.3. The molecule has 0 saturated carbocycles. The summed E-state index contributed by atoms with van der Waals surface area (Å²) in [6.07, 6.45) is 0. The third-order valence-corrected chi connectivity index (χ3v) is 3.90. The molecule has 0 spiro atoms. The average Bonchev–Trinajstić information content (AvgIpc) is 2.79. The van der Waals surface area contributed by atoms with Crippen molar-refractivity contribution in [3.05, 3.63) is 39.7 Å². The highest BCUT2D eigenvalue weighted by atomic mass is 16.6. The first-order valence-corrected chi connectivity index (χ1v) is 6.54. The molecule has 20 heavy (non-hydrogen) atoms. The maximum absolute atomic E-state index is 12.0. The average molecular weight is 273 g/mol. The Hall–Kier alpha value is -2.10. The fourth-order valence-corrected chi connectivity index (χ4v) is 2.55. The van der Waals surface area contributed by atoms with Crippen LogP contribution in [0.4, 0.5) is 0 Å². The molecule has 1 fully saturated rings. The van der Waals surface area contributed by atoms with Gasteiger partial charge in [0.25, 0.3) is 0 Å². The molecule has 1 saturated heterocycles. The molecule has 0 bridgehead atoms. The number of hydrogen-bond acceptors (Lipinski definition) is 3. The van der Waals surface area contributed by atoms with E-state index < -0.39 is 11.9 Å². The zero-order chi connectivity index (χ0) is 15.2. The quantitative estimate of drug-likeness (QED) is 0.449. The molecule has 2 heterocycles. The van der Waals surface area contributed by atoms with Gasteiger partial charge in [-0.25, -0.2) is 9.59 Å². The van der Waals surface area contributed by atoms with Crippen molar-refractivity contribution in [1.82, 2.24) is 4.57 Å². The Labute approximate surface area is 118 Å². The molecule has 0 N–H and O–H groups in total. The van der Waals surface area contributed by atoms with Gasteiger partial charge in [-0.2, -0.15) is 0 Å². The summed E-state index contributed by atoms with van der Waals surface area (Å²) in [7, 11) is 1.98. The molecule has 4 heteroatoms. The number of carbonyl (C=O) groups is 2. The smallest absolute Gasteiger partial charge is 0.347 e. The van der Waals surface area contributed by atoms with Crippen LogP contribution in [-0.4, -0.2) is 16.5 Å². The number of aryl methyl sites for hydroxylation is 1. The molecule has 2 rings (SSSR count). The molecule has 0 atom stereocenters. The van der Waals surface area contributed by atoms with E-state index in [-0.39, 0.29) is 0 Å². The fraction of sp³-hybridized carbons (Fsp3) is 0.375. The van der Waals surface area contributed by atoms with Crippen molar-refractivity contribution < 1.29 is 14.3 Å². The summed E-state index contributed by atoms with van der Waals surface area (Å²) >= 11 is 0. The highest BCUT2D eigenvalue weighted by Gasteiger charge is 2.36. The van der Waals surface area contributed by atoms with E-state index in [0.29, 0.717) is 11.1 Å². The molecular formula is C16H19NO3. The molecule has 0 radical (unpaired) electrons. The molecule has 1 aromatic rings. The van der Waals surface area contributed by atoms with E-state index in [0.717, 1.165) is 28.1 Å². The number of esters is 2. The van der Waals surface area contributed by atoms with Crippen LogP contribution in [0.3, 0.4) is 0 Å². The van der Waals surface area contributed by atoms with E-state index in [1.807, 2.05) is 47.7 Å². The van der Waals surface area contributed by atoms with Crippen molar-refractivity contribution in [2.24, 2.45) is 7.05 Å². The van der Waals surface area contributed by atoms with Gasteiger partial charge in [0.2, 0.25) is 0 Å². The lowest BCUT2D eigenvalue weighted by molar-refractivity contribution is -0.149. The van der Waals surface area contributed by atoms with E-state index in [2.05, 4.69) is 4.57 Å². The summed E-state index contributed by atoms with van der Waals surface area (Å²) in [5, 5.41) is 0. The fourth-order valence-electron chi connectivity index (χ4n) is 2.55. The minimum Gasteiger partial charge on any atom is -0.386 e. The van der Waals surface area contributed by atoms with Gasteiger partial charge in [0.15, 0.2) is 0 Å². The number of hydrogen-bond donors (Lipinski definition) is 0. The normalized spacial score (nSPS) is 17.6. The van der Waals surface area contributed by atoms with E-state index in [4.69, 9.17) is 4.74 Å². The number of cyclic esters (lactones) is 2. The van der Waals surface area contributed by atoms with E-state index >= 15 is 0 Å². The van der Waals surface area contributed by atoms with Gasteiger partial charge >= 0.3 is 11.9 Å². The van der Waals surface area contributed by atoms with Crippen LogP contribution in [-0.2, 0) is 21.4 Å². The van der Waals surface area contributed by atoms with Crippen LogP contribution in [0.15, 0.2) is 22.8 Å². The zero-order valence-corrected chi connectivity index (χ0v) is 12.7. The van der Waals surface area contributed by atoms with Crippen LogP contribution in [0.1, 0.15) is 37.7 Å². The topological polar surface area (TPSA) is 48.3 Å². The summed E-state index contributed by atoms with van der Waals surface area (Å²) in [4.78, 5) is 23.8. The van der Waals surface area contributed by atoms with Gasteiger partial charge in [-0.1, -0.05) is 5.57 Å². The molecule has 4 nitrogen and oxygen atoms in total. The Morgan fingerprint density at radius 2 is 1.60 bits per heavy atom. The summed E-state index contributed by atoms with van der Waals surface area (Å²) in [5.74, 6) is -1.10. The van der Waals surface area contributed by atoms with Crippen molar-refractivity contribution in [3.63, 3.8) is 0 Å². The third kappa shape index (κ3) is 2.01. The van der Waals surface area contributed by atoms with Crippen LogP contribution < -0.4 is 0 Å². The standard InChI is InChI=1S/C16H19NO3/c1-8(2)13-14(16(19)20-15(13)18)10(4)12-7-9(3)17(6)11(12)5/h7H,1-6H3/b14-10-. The van der Waals surface area contributed by atoms with Crippen molar-refractivity contribution >= 4 is 17.5 Å². The van der Waals surface area contributed by atoms with Crippen LogP contribution in [0.2, 0.25) is 0 Å². The van der Waals surface area contributed by atoms with Gasteiger partial charge in [-0.3, -0.25) is 0 Å². The van der Waals surface area contributed by atoms with Crippen molar-refractivity contribution in [1.29, 1.82) is 0 Å².